The van der Waals surface area contributed by atoms with Crippen molar-refractivity contribution in [1.82, 2.24) is 9.97 Å². The summed E-state index contributed by atoms with van der Waals surface area (Å²) >= 11 is 0. The first-order valence-electron chi connectivity index (χ1n) is 8.51. The molecule has 0 amide bonds. The van der Waals surface area contributed by atoms with Gasteiger partial charge >= 0.3 is 0 Å². The van der Waals surface area contributed by atoms with Crippen LogP contribution in [0, 0.1) is 0 Å². The molecule has 0 aliphatic heterocycles. The molecule has 25 heavy (non-hydrogen) atoms. The third-order valence-electron chi connectivity index (χ3n) is 3.60. The molecule has 0 spiro atoms. The van der Waals surface area contributed by atoms with Gasteiger partial charge in [0.25, 0.3) is 0 Å². The smallest absolute Gasteiger partial charge is 0.229 e. The first-order chi connectivity index (χ1) is 12.3. The minimum atomic E-state index is 0.533. The van der Waals surface area contributed by atoms with Crippen molar-refractivity contribution in [2.24, 2.45) is 0 Å². The minimum absolute atomic E-state index is 0.533. The number of nitrogens with one attached hydrogen (secondary N) is 2. The van der Waals surface area contributed by atoms with E-state index in [0.29, 0.717) is 5.95 Å². The summed E-state index contributed by atoms with van der Waals surface area (Å²) < 4.78 is 5.96. The molecular formula is C20H22N4O. The second-order valence-corrected chi connectivity index (χ2v) is 5.58. The molecule has 2 N–H and O–H groups in total. The summed E-state index contributed by atoms with van der Waals surface area (Å²) in [6.07, 6.45) is 4.00. The SMILES string of the molecule is CCCCNc1ccnc(Nc2ccccc2Oc2ccccc2)n1. The third-order valence-corrected chi connectivity index (χ3v) is 3.60. The number of hydrogen-bond acceptors (Lipinski definition) is 5. The standard InChI is InChI=1S/C20H22N4O/c1-2-3-14-21-19-13-15-22-20(24-19)23-17-11-7-8-12-18(17)25-16-9-5-4-6-10-16/h4-13,15H,2-3,14H2,1H3,(H2,21,22,23,24). The van der Waals surface area contributed by atoms with Crippen molar-refractivity contribution in [2.75, 3.05) is 17.2 Å². The van der Waals surface area contributed by atoms with Crippen LogP contribution in [0.25, 0.3) is 0 Å². The molecule has 128 valence electrons. The summed E-state index contributed by atoms with van der Waals surface area (Å²) in [5.74, 6) is 2.85. The Labute approximate surface area is 148 Å². The Balaban J connectivity index is 1.74. The maximum Gasteiger partial charge on any atom is 0.229 e. The number of benzene rings is 2. The van der Waals surface area contributed by atoms with Gasteiger partial charge in [-0.2, -0.15) is 4.98 Å². The van der Waals surface area contributed by atoms with Crippen molar-refractivity contribution < 1.29 is 4.74 Å². The lowest BCUT2D eigenvalue weighted by atomic mass is 10.3. The van der Waals surface area contributed by atoms with Crippen LogP contribution in [0.2, 0.25) is 0 Å². The molecule has 0 aliphatic carbocycles. The van der Waals surface area contributed by atoms with Crippen LogP contribution < -0.4 is 15.4 Å². The molecule has 0 bridgehead atoms. The van der Waals surface area contributed by atoms with Crippen LogP contribution in [-0.4, -0.2) is 16.5 Å². The van der Waals surface area contributed by atoms with Gasteiger partial charge in [0.05, 0.1) is 5.69 Å². The fourth-order valence-corrected chi connectivity index (χ4v) is 2.31. The molecular weight excluding hydrogens is 312 g/mol. The summed E-state index contributed by atoms with van der Waals surface area (Å²) in [6.45, 7) is 3.07. The molecule has 0 radical (unpaired) electrons. The van der Waals surface area contributed by atoms with Crippen LogP contribution >= 0.6 is 0 Å². The van der Waals surface area contributed by atoms with E-state index in [9.17, 15) is 0 Å². The fourth-order valence-electron chi connectivity index (χ4n) is 2.31. The Morgan fingerprint density at radius 2 is 1.76 bits per heavy atom. The predicted octanol–water partition coefficient (Wildman–Crippen LogP) is 5.22. The van der Waals surface area contributed by atoms with Crippen LogP contribution in [0.15, 0.2) is 66.9 Å². The van der Waals surface area contributed by atoms with Gasteiger partial charge in [0.2, 0.25) is 5.95 Å². The molecule has 3 aromatic rings. The average molecular weight is 334 g/mol. The summed E-state index contributed by atoms with van der Waals surface area (Å²) in [5.41, 5.74) is 0.817. The zero-order valence-corrected chi connectivity index (χ0v) is 14.3. The first-order valence-corrected chi connectivity index (χ1v) is 8.51. The van der Waals surface area contributed by atoms with Crippen molar-refractivity contribution in [2.45, 2.75) is 19.8 Å². The van der Waals surface area contributed by atoms with E-state index in [1.807, 2.05) is 60.7 Å². The zero-order valence-electron chi connectivity index (χ0n) is 14.3. The van der Waals surface area contributed by atoms with E-state index >= 15 is 0 Å². The van der Waals surface area contributed by atoms with Crippen LogP contribution in [-0.2, 0) is 0 Å². The number of anilines is 3. The summed E-state index contributed by atoms with van der Waals surface area (Å²) in [5, 5.41) is 6.54. The minimum Gasteiger partial charge on any atom is -0.455 e. The Hall–Kier alpha value is -3.08. The number of ether oxygens (including phenoxy) is 1. The van der Waals surface area contributed by atoms with Crippen molar-refractivity contribution in [1.29, 1.82) is 0 Å². The average Bonchev–Trinajstić information content (AvgIpc) is 2.65. The van der Waals surface area contributed by atoms with E-state index in [2.05, 4.69) is 27.5 Å². The number of unbranched alkanes of at least 4 members (excludes halogenated alkanes) is 1. The lowest BCUT2D eigenvalue weighted by molar-refractivity contribution is 0.485. The number of hydrogen-bond donors (Lipinski definition) is 2. The molecule has 0 fully saturated rings. The number of rotatable bonds is 8. The number of para-hydroxylation sites is 3. The quantitative estimate of drug-likeness (QED) is 0.553. The largest absolute Gasteiger partial charge is 0.455 e. The van der Waals surface area contributed by atoms with Crippen LogP contribution in [0.1, 0.15) is 19.8 Å². The molecule has 3 rings (SSSR count). The van der Waals surface area contributed by atoms with Crippen molar-refractivity contribution in [3.63, 3.8) is 0 Å². The molecule has 1 heterocycles. The maximum atomic E-state index is 5.96. The number of nitrogens with zero attached hydrogens (tertiary/aromatic N) is 2. The van der Waals surface area contributed by atoms with E-state index in [1.54, 1.807) is 6.20 Å². The molecule has 0 atom stereocenters. The Morgan fingerprint density at radius 3 is 2.60 bits per heavy atom. The fraction of sp³-hybridized carbons (Fsp3) is 0.200. The maximum absolute atomic E-state index is 5.96. The van der Waals surface area contributed by atoms with Crippen molar-refractivity contribution in [3.05, 3.63) is 66.9 Å². The van der Waals surface area contributed by atoms with Gasteiger partial charge in [0.1, 0.15) is 11.6 Å². The van der Waals surface area contributed by atoms with Crippen LogP contribution in [0.3, 0.4) is 0 Å². The molecule has 2 aromatic carbocycles. The second-order valence-electron chi connectivity index (χ2n) is 5.58. The highest BCUT2D eigenvalue weighted by Crippen LogP contribution is 2.30. The van der Waals surface area contributed by atoms with Crippen molar-refractivity contribution in [3.8, 4) is 11.5 Å². The predicted molar refractivity (Wildman–Crippen MR) is 102 cm³/mol. The first kappa shape index (κ1) is 16.8. The van der Waals surface area contributed by atoms with Gasteiger partial charge in [-0.25, -0.2) is 4.98 Å². The van der Waals surface area contributed by atoms with Gasteiger partial charge in [-0.3, -0.25) is 0 Å². The molecule has 5 heteroatoms. The van der Waals surface area contributed by atoms with E-state index in [4.69, 9.17) is 4.74 Å². The van der Waals surface area contributed by atoms with Gasteiger partial charge in [0, 0.05) is 12.7 Å². The molecule has 0 aliphatic rings. The third kappa shape index (κ3) is 4.94. The van der Waals surface area contributed by atoms with E-state index < -0.39 is 0 Å². The van der Waals surface area contributed by atoms with Gasteiger partial charge in [-0.05, 0) is 36.8 Å². The Kier molecular flexibility index (Phi) is 5.82. The van der Waals surface area contributed by atoms with Gasteiger partial charge in [-0.1, -0.05) is 43.7 Å². The van der Waals surface area contributed by atoms with Gasteiger partial charge < -0.3 is 15.4 Å². The van der Waals surface area contributed by atoms with Crippen molar-refractivity contribution >= 4 is 17.5 Å². The summed E-state index contributed by atoms with van der Waals surface area (Å²) in [7, 11) is 0. The normalized spacial score (nSPS) is 10.3. The highest BCUT2D eigenvalue weighted by molar-refractivity contribution is 5.63. The highest BCUT2D eigenvalue weighted by Gasteiger charge is 2.07. The monoisotopic (exact) mass is 334 g/mol. The second kappa shape index (κ2) is 8.68. The van der Waals surface area contributed by atoms with Crippen LogP contribution in [0.5, 0.6) is 11.5 Å². The summed E-state index contributed by atoms with van der Waals surface area (Å²) in [4.78, 5) is 8.79. The lowest BCUT2D eigenvalue weighted by Gasteiger charge is -2.12. The molecule has 0 saturated heterocycles. The Morgan fingerprint density at radius 1 is 0.960 bits per heavy atom. The topological polar surface area (TPSA) is 59.1 Å². The Bertz CT molecular complexity index is 792. The van der Waals surface area contributed by atoms with E-state index in [-0.39, 0.29) is 0 Å². The summed E-state index contributed by atoms with van der Waals surface area (Å²) in [6, 6.07) is 19.3. The lowest BCUT2D eigenvalue weighted by Crippen LogP contribution is -2.05. The molecule has 0 unspecified atom stereocenters. The van der Waals surface area contributed by atoms with E-state index in [0.717, 1.165) is 42.4 Å². The molecule has 1 aromatic heterocycles. The van der Waals surface area contributed by atoms with Gasteiger partial charge in [0.15, 0.2) is 5.75 Å². The van der Waals surface area contributed by atoms with E-state index in [1.165, 1.54) is 0 Å². The molecule has 0 saturated carbocycles. The zero-order chi connectivity index (χ0) is 17.3. The van der Waals surface area contributed by atoms with Gasteiger partial charge in [-0.15, -0.1) is 0 Å². The molecule has 5 nitrogen and oxygen atoms in total. The van der Waals surface area contributed by atoms with Crippen LogP contribution in [0.4, 0.5) is 17.5 Å². The number of aromatic nitrogens is 2. The highest BCUT2D eigenvalue weighted by atomic mass is 16.5.